The largest absolute Gasteiger partial charge is 0.425 e. The van der Waals surface area contributed by atoms with Gasteiger partial charge in [0.1, 0.15) is 5.75 Å². The zero-order chi connectivity index (χ0) is 18.2. The van der Waals surface area contributed by atoms with E-state index in [9.17, 15) is 9.59 Å². The number of hydrogen-bond donors (Lipinski definition) is 0. The van der Waals surface area contributed by atoms with Gasteiger partial charge in [0.05, 0.1) is 6.61 Å². The van der Waals surface area contributed by atoms with E-state index in [4.69, 9.17) is 9.47 Å². The van der Waals surface area contributed by atoms with E-state index in [0.29, 0.717) is 25.3 Å². The van der Waals surface area contributed by atoms with E-state index < -0.39 is 12.1 Å². The van der Waals surface area contributed by atoms with E-state index in [1.165, 1.54) is 5.57 Å². The molecule has 5 heteroatoms. The topological polar surface area (TPSA) is 55.8 Å². The van der Waals surface area contributed by atoms with Crippen molar-refractivity contribution in [1.29, 1.82) is 0 Å². The van der Waals surface area contributed by atoms with Gasteiger partial charge in [-0.15, -0.1) is 6.58 Å². The maximum atomic E-state index is 12.0. The Balaban J connectivity index is 1.90. The van der Waals surface area contributed by atoms with E-state index in [1.54, 1.807) is 32.1 Å². The summed E-state index contributed by atoms with van der Waals surface area (Å²) in [6.07, 6.45) is 4.72. The Morgan fingerprint density at radius 3 is 2.60 bits per heavy atom. The van der Waals surface area contributed by atoms with Gasteiger partial charge in [-0.2, -0.15) is 0 Å². The van der Waals surface area contributed by atoms with Crippen molar-refractivity contribution in [3.8, 4) is 5.75 Å². The molecule has 5 nitrogen and oxygen atoms in total. The predicted molar refractivity (Wildman–Crippen MR) is 97.2 cm³/mol. The van der Waals surface area contributed by atoms with Crippen LogP contribution in [0, 0.1) is 0 Å². The number of rotatable bonds is 7. The summed E-state index contributed by atoms with van der Waals surface area (Å²) >= 11 is 0. The van der Waals surface area contributed by atoms with E-state index in [-0.39, 0.29) is 5.91 Å². The Morgan fingerprint density at radius 1 is 1.32 bits per heavy atom. The number of hydrogen-bond acceptors (Lipinski definition) is 4. The molecule has 1 atom stereocenters. The quantitative estimate of drug-likeness (QED) is 0.330. The molecule has 0 aliphatic carbocycles. The van der Waals surface area contributed by atoms with E-state index >= 15 is 0 Å². The summed E-state index contributed by atoms with van der Waals surface area (Å²) in [6.45, 7) is 8.69. The molecule has 0 radical (unpaired) electrons. The number of amides is 1. The fourth-order valence-electron chi connectivity index (χ4n) is 2.55. The smallest absolute Gasteiger partial charge is 0.340 e. The van der Waals surface area contributed by atoms with E-state index in [1.807, 2.05) is 17.0 Å². The maximum Gasteiger partial charge on any atom is 0.340 e. The highest BCUT2D eigenvalue weighted by Crippen LogP contribution is 2.24. The number of benzene rings is 1. The van der Waals surface area contributed by atoms with Crippen molar-refractivity contribution in [2.24, 2.45) is 0 Å². The lowest BCUT2D eigenvalue weighted by Crippen LogP contribution is -2.32. The summed E-state index contributed by atoms with van der Waals surface area (Å²) in [4.78, 5) is 25.1. The molecular weight excluding hydrogens is 318 g/mol. The molecule has 0 saturated carbocycles. The van der Waals surface area contributed by atoms with Gasteiger partial charge in [-0.25, -0.2) is 4.79 Å². The van der Waals surface area contributed by atoms with Crippen LogP contribution in [-0.2, 0) is 14.3 Å². The van der Waals surface area contributed by atoms with Crippen LogP contribution in [0.2, 0.25) is 0 Å². The average Bonchev–Trinajstić information content (AvgIpc) is 2.62. The predicted octanol–water partition coefficient (Wildman–Crippen LogP) is 3.21. The van der Waals surface area contributed by atoms with Crippen molar-refractivity contribution >= 4 is 17.4 Å². The summed E-state index contributed by atoms with van der Waals surface area (Å²) in [6, 6.07) is 7.42. The van der Waals surface area contributed by atoms with Crippen LogP contribution in [0.4, 0.5) is 0 Å². The molecule has 1 unspecified atom stereocenters. The molecule has 1 aliphatic rings. The molecule has 1 aromatic rings. The van der Waals surface area contributed by atoms with Crippen molar-refractivity contribution in [2.45, 2.75) is 32.8 Å². The number of carbonyl (C=O) groups is 2. The Bertz CT molecular complexity index is 648. The van der Waals surface area contributed by atoms with Gasteiger partial charge in [-0.05, 0) is 43.0 Å². The second-order valence-corrected chi connectivity index (χ2v) is 5.98. The number of ether oxygens (including phenoxy) is 2. The van der Waals surface area contributed by atoms with E-state index in [0.717, 1.165) is 18.5 Å². The number of carbonyl (C=O) groups excluding carboxylic acids is 2. The van der Waals surface area contributed by atoms with Crippen LogP contribution >= 0.6 is 0 Å². The Hall–Kier alpha value is -2.40. The van der Waals surface area contributed by atoms with Crippen molar-refractivity contribution in [1.82, 2.24) is 4.90 Å². The summed E-state index contributed by atoms with van der Waals surface area (Å²) in [5.74, 6) is 0.183. The molecule has 0 N–H and O–H groups in total. The highest BCUT2D eigenvalue weighted by atomic mass is 16.6. The second kappa shape index (κ2) is 9.18. The van der Waals surface area contributed by atoms with Gasteiger partial charge >= 0.3 is 5.97 Å². The van der Waals surface area contributed by atoms with Crippen LogP contribution in [-0.4, -0.2) is 42.6 Å². The summed E-state index contributed by atoms with van der Waals surface area (Å²) in [7, 11) is 0. The van der Waals surface area contributed by atoms with Gasteiger partial charge in [0.25, 0.3) is 0 Å². The third kappa shape index (κ3) is 5.57. The minimum atomic E-state index is -0.613. The number of esters is 1. The fourth-order valence-corrected chi connectivity index (χ4v) is 2.55. The van der Waals surface area contributed by atoms with Crippen LogP contribution in [0.1, 0.15) is 32.3 Å². The van der Waals surface area contributed by atoms with Crippen LogP contribution in [0.3, 0.4) is 0 Å². The molecule has 0 bridgehead atoms. The standard InChI is InChI=1S/C20H25NO4/c1-4-5-14-24-15(2)20(23)25-19-8-6-17(7-9-19)18-10-12-21(13-11-18)16(3)22/h4,6-10,15H,1,5,11-14H2,2-3H3. The van der Waals surface area contributed by atoms with Gasteiger partial charge in [0, 0.05) is 20.0 Å². The molecule has 1 aliphatic heterocycles. The SMILES string of the molecule is C=CCCOC(C)C(=O)Oc1ccc(C2=CCN(C(C)=O)CC2)cc1. The minimum absolute atomic E-state index is 0.0991. The third-order valence-electron chi connectivity index (χ3n) is 4.12. The average molecular weight is 343 g/mol. The van der Waals surface area contributed by atoms with Gasteiger partial charge in [0.15, 0.2) is 6.10 Å². The molecule has 134 valence electrons. The first-order chi connectivity index (χ1) is 12.0. The Morgan fingerprint density at radius 2 is 2.04 bits per heavy atom. The maximum absolute atomic E-state index is 12.0. The van der Waals surface area contributed by atoms with Crippen LogP contribution in [0.25, 0.3) is 5.57 Å². The molecule has 0 fully saturated rings. The molecule has 1 heterocycles. The van der Waals surface area contributed by atoms with Crippen molar-refractivity contribution < 1.29 is 19.1 Å². The van der Waals surface area contributed by atoms with Gasteiger partial charge in [-0.3, -0.25) is 4.79 Å². The normalized spacial score (nSPS) is 15.3. The van der Waals surface area contributed by atoms with Crippen LogP contribution in [0.15, 0.2) is 43.0 Å². The molecular formula is C20H25NO4. The first kappa shape index (κ1) is 18.9. The fraction of sp³-hybridized carbons (Fsp3) is 0.400. The van der Waals surface area contributed by atoms with Gasteiger partial charge in [-0.1, -0.05) is 24.3 Å². The highest BCUT2D eigenvalue weighted by Gasteiger charge is 2.17. The monoisotopic (exact) mass is 343 g/mol. The summed E-state index contributed by atoms with van der Waals surface area (Å²) in [5, 5.41) is 0. The Kier molecular flexibility index (Phi) is 6.95. The minimum Gasteiger partial charge on any atom is -0.425 e. The molecule has 2 rings (SSSR count). The van der Waals surface area contributed by atoms with Crippen molar-refractivity contribution in [3.63, 3.8) is 0 Å². The zero-order valence-corrected chi connectivity index (χ0v) is 14.9. The second-order valence-electron chi connectivity index (χ2n) is 5.98. The lowest BCUT2D eigenvalue weighted by atomic mass is 9.99. The van der Waals surface area contributed by atoms with Crippen LogP contribution in [0.5, 0.6) is 5.75 Å². The lowest BCUT2D eigenvalue weighted by molar-refractivity contribution is -0.146. The highest BCUT2D eigenvalue weighted by molar-refractivity contribution is 5.77. The first-order valence-corrected chi connectivity index (χ1v) is 8.50. The molecule has 1 amide bonds. The van der Waals surface area contributed by atoms with E-state index in [2.05, 4.69) is 12.7 Å². The van der Waals surface area contributed by atoms with Crippen molar-refractivity contribution in [2.75, 3.05) is 19.7 Å². The van der Waals surface area contributed by atoms with Crippen molar-refractivity contribution in [3.05, 3.63) is 48.6 Å². The summed E-state index contributed by atoms with van der Waals surface area (Å²) < 4.78 is 10.7. The first-order valence-electron chi connectivity index (χ1n) is 8.50. The van der Waals surface area contributed by atoms with Gasteiger partial charge < -0.3 is 14.4 Å². The molecule has 1 aromatic carbocycles. The van der Waals surface area contributed by atoms with Crippen LogP contribution < -0.4 is 4.74 Å². The Labute approximate surface area is 148 Å². The third-order valence-corrected chi connectivity index (χ3v) is 4.12. The summed E-state index contributed by atoms with van der Waals surface area (Å²) in [5.41, 5.74) is 2.29. The van der Waals surface area contributed by atoms with Gasteiger partial charge in [0.2, 0.25) is 5.91 Å². The number of nitrogens with zero attached hydrogens (tertiary/aromatic N) is 1. The lowest BCUT2D eigenvalue weighted by Gasteiger charge is -2.25. The molecule has 25 heavy (non-hydrogen) atoms. The molecule has 0 aromatic heterocycles. The molecule has 0 spiro atoms. The zero-order valence-electron chi connectivity index (χ0n) is 14.9. The molecule has 0 saturated heterocycles.